The molecule has 1 fully saturated rings. The molecule has 3 unspecified atom stereocenters. The molecule has 1 aromatic carbocycles. The molecule has 1 aliphatic rings. The maximum atomic E-state index is 10.7. The van der Waals surface area contributed by atoms with Gasteiger partial charge < -0.3 is 9.84 Å². The monoisotopic (exact) mass is 326 g/mol. The van der Waals surface area contributed by atoms with Gasteiger partial charge in [0.05, 0.1) is 13.2 Å². The third-order valence-corrected chi connectivity index (χ3v) is 5.09. The lowest BCUT2D eigenvalue weighted by Gasteiger charge is -2.32. The Labute approximate surface area is 124 Å². The van der Waals surface area contributed by atoms with Gasteiger partial charge >= 0.3 is 0 Å². The minimum absolute atomic E-state index is 0.377. The molecule has 3 atom stereocenters. The molecule has 0 bridgehead atoms. The molecule has 1 aromatic rings. The number of aliphatic hydroxyl groups is 1. The van der Waals surface area contributed by atoms with E-state index < -0.39 is 0 Å². The summed E-state index contributed by atoms with van der Waals surface area (Å²) in [5, 5.41) is 10.7. The van der Waals surface area contributed by atoms with Crippen LogP contribution in [0.15, 0.2) is 22.7 Å². The summed E-state index contributed by atoms with van der Waals surface area (Å²) in [6.45, 7) is 2.25. The maximum Gasteiger partial charge on any atom is 0.119 e. The first-order chi connectivity index (χ1) is 9.15. The smallest absolute Gasteiger partial charge is 0.119 e. The first kappa shape index (κ1) is 14.9. The van der Waals surface area contributed by atoms with Gasteiger partial charge in [-0.25, -0.2) is 0 Å². The van der Waals surface area contributed by atoms with Crippen molar-refractivity contribution in [1.29, 1.82) is 0 Å². The molecule has 0 amide bonds. The summed E-state index contributed by atoms with van der Waals surface area (Å²) >= 11 is 3.54. The summed E-state index contributed by atoms with van der Waals surface area (Å²) in [4.78, 5) is 0. The van der Waals surface area contributed by atoms with Gasteiger partial charge in [0.25, 0.3) is 0 Å². The number of ether oxygens (including phenoxy) is 1. The van der Waals surface area contributed by atoms with Crippen LogP contribution < -0.4 is 4.74 Å². The number of methoxy groups -OCH3 is 1. The zero-order chi connectivity index (χ0) is 13.8. The Morgan fingerprint density at radius 1 is 1.42 bits per heavy atom. The van der Waals surface area contributed by atoms with E-state index >= 15 is 0 Å². The highest BCUT2D eigenvalue weighted by Gasteiger charge is 2.28. The van der Waals surface area contributed by atoms with Gasteiger partial charge in [-0.2, -0.15) is 0 Å². The van der Waals surface area contributed by atoms with E-state index in [0.29, 0.717) is 5.92 Å². The normalized spacial score (nSPS) is 25.1. The lowest BCUT2D eigenvalue weighted by molar-refractivity contribution is 0.0671. The highest BCUT2D eigenvalue weighted by Crippen LogP contribution is 2.40. The maximum absolute atomic E-state index is 10.7. The van der Waals surface area contributed by atoms with Crippen LogP contribution in [0.5, 0.6) is 5.75 Å². The van der Waals surface area contributed by atoms with Crippen LogP contribution in [0.1, 0.15) is 50.7 Å². The lowest BCUT2D eigenvalue weighted by atomic mass is 9.76. The molecule has 2 rings (SSSR count). The Hall–Kier alpha value is -0.540. The summed E-state index contributed by atoms with van der Waals surface area (Å²) in [6, 6.07) is 5.82. The molecule has 106 valence electrons. The van der Waals surface area contributed by atoms with Gasteiger partial charge in [0, 0.05) is 4.47 Å². The number of rotatable bonds is 4. The zero-order valence-electron chi connectivity index (χ0n) is 11.7. The van der Waals surface area contributed by atoms with Crippen LogP contribution in [0.25, 0.3) is 0 Å². The lowest BCUT2D eigenvalue weighted by Crippen LogP contribution is -2.21. The standard InChI is InChI=1S/C16H23BrO2/c1-3-11-5-4-6-12(9-11)16(18)14-10-13(19-2)7-8-15(14)17/h7-8,10-12,16,18H,3-6,9H2,1-2H3. The summed E-state index contributed by atoms with van der Waals surface area (Å²) < 4.78 is 6.23. The van der Waals surface area contributed by atoms with Crippen molar-refractivity contribution in [3.8, 4) is 5.75 Å². The first-order valence-electron chi connectivity index (χ1n) is 7.17. The average Bonchev–Trinajstić information content (AvgIpc) is 2.47. The zero-order valence-corrected chi connectivity index (χ0v) is 13.3. The second-order valence-electron chi connectivity index (χ2n) is 5.53. The fourth-order valence-corrected chi connectivity index (χ4v) is 3.60. The van der Waals surface area contributed by atoms with E-state index in [-0.39, 0.29) is 6.10 Å². The van der Waals surface area contributed by atoms with Crippen LogP contribution in [0.3, 0.4) is 0 Å². The number of halogens is 1. The molecular weight excluding hydrogens is 304 g/mol. The summed E-state index contributed by atoms with van der Waals surface area (Å²) in [7, 11) is 1.66. The predicted octanol–water partition coefficient (Wildman–Crippen LogP) is 4.71. The van der Waals surface area contributed by atoms with E-state index in [1.54, 1.807) is 7.11 Å². The molecule has 1 aliphatic carbocycles. The molecule has 0 heterocycles. The largest absolute Gasteiger partial charge is 0.497 e. The van der Waals surface area contributed by atoms with Gasteiger partial charge in [-0.15, -0.1) is 0 Å². The molecule has 0 radical (unpaired) electrons. The second kappa shape index (κ2) is 6.76. The third kappa shape index (κ3) is 3.51. The molecule has 0 aromatic heterocycles. The molecule has 1 saturated carbocycles. The summed E-state index contributed by atoms with van der Waals surface area (Å²) in [5.74, 6) is 1.96. The van der Waals surface area contributed by atoms with Crippen molar-refractivity contribution in [1.82, 2.24) is 0 Å². The van der Waals surface area contributed by atoms with Crippen molar-refractivity contribution in [3.05, 3.63) is 28.2 Å². The predicted molar refractivity (Wildman–Crippen MR) is 81.4 cm³/mol. The number of hydrogen-bond donors (Lipinski definition) is 1. The Balaban J connectivity index is 2.16. The third-order valence-electron chi connectivity index (χ3n) is 4.37. The highest BCUT2D eigenvalue weighted by molar-refractivity contribution is 9.10. The molecule has 0 spiro atoms. The Kier molecular flexibility index (Phi) is 5.28. The van der Waals surface area contributed by atoms with Crippen LogP contribution in [0, 0.1) is 11.8 Å². The average molecular weight is 327 g/mol. The van der Waals surface area contributed by atoms with E-state index in [9.17, 15) is 5.11 Å². The molecule has 19 heavy (non-hydrogen) atoms. The fraction of sp³-hybridized carbons (Fsp3) is 0.625. The summed E-state index contributed by atoms with van der Waals surface area (Å²) in [6.07, 6.45) is 5.66. The van der Waals surface area contributed by atoms with Crippen molar-refractivity contribution in [2.75, 3.05) is 7.11 Å². The van der Waals surface area contributed by atoms with Crippen LogP contribution in [0.2, 0.25) is 0 Å². The van der Waals surface area contributed by atoms with Crippen molar-refractivity contribution in [2.45, 2.75) is 45.1 Å². The Morgan fingerprint density at radius 2 is 2.21 bits per heavy atom. The van der Waals surface area contributed by atoms with Crippen LogP contribution in [-0.4, -0.2) is 12.2 Å². The van der Waals surface area contributed by atoms with E-state index in [2.05, 4.69) is 22.9 Å². The molecular formula is C16H23BrO2. The molecule has 1 N–H and O–H groups in total. The van der Waals surface area contributed by atoms with Crippen LogP contribution >= 0.6 is 15.9 Å². The van der Waals surface area contributed by atoms with E-state index in [4.69, 9.17) is 4.74 Å². The molecule has 2 nitrogen and oxygen atoms in total. The Bertz CT molecular complexity index is 419. The van der Waals surface area contributed by atoms with E-state index in [0.717, 1.165) is 34.5 Å². The minimum atomic E-state index is -0.390. The first-order valence-corrected chi connectivity index (χ1v) is 7.96. The highest BCUT2D eigenvalue weighted by atomic mass is 79.9. The minimum Gasteiger partial charge on any atom is -0.497 e. The van der Waals surface area contributed by atoms with Gasteiger partial charge in [-0.1, -0.05) is 42.1 Å². The van der Waals surface area contributed by atoms with E-state index in [1.165, 1.54) is 19.3 Å². The topological polar surface area (TPSA) is 29.5 Å². The van der Waals surface area contributed by atoms with Gasteiger partial charge in [-0.05, 0) is 48.4 Å². The van der Waals surface area contributed by atoms with Crippen LogP contribution in [0.4, 0.5) is 0 Å². The van der Waals surface area contributed by atoms with E-state index in [1.807, 2.05) is 18.2 Å². The molecule has 0 aliphatic heterocycles. The van der Waals surface area contributed by atoms with Crippen molar-refractivity contribution >= 4 is 15.9 Å². The van der Waals surface area contributed by atoms with Gasteiger partial charge in [0.15, 0.2) is 0 Å². The summed E-state index contributed by atoms with van der Waals surface area (Å²) in [5.41, 5.74) is 0.959. The van der Waals surface area contributed by atoms with Gasteiger partial charge in [0.2, 0.25) is 0 Å². The van der Waals surface area contributed by atoms with Gasteiger partial charge in [0.1, 0.15) is 5.75 Å². The Morgan fingerprint density at radius 3 is 2.89 bits per heavy atom. The molecule has 0 saturated heterocycles. The van der Waals surface area contributed by atoms with Crippen LogP contribution in [-0.2, 0) is 0 Å². The fourth-order valence-electron chi connectivity index (χ4n) is 3.12. The van der Waals surface area contributed by atoms with Gasteiger partial charge in [-0.3, -0.25) is 0 Å². The van der Waals surface area contributed by atoms with Crippen molar-refractivity contribution in [3.63, 3.8) is 0 Å². The SMILES string of the molecule is CCC1CCCC(C(O)c2cc(OC)ccc2Br)C1. The second-order valence-corrected chi connectivity index (χ2v) is 6.39. The molecule has 3 heteroatoms. The number of hydrogen-bond acceptors (Lipinski definition) is 2. The van der Waals surface area contributed by atoms with Crippen molar-refractivity contribution in [2.24, 2.45) is 11.8 Å². The number of aliphatic hydroxyl groups excluding tert-OH is 1. The number of benzene rings is 1. The quantitative estimate of drug-likeness (QED) is 0.868. The van der Waals surface area contributed by atoms with Crippen molar-refractivity contribution < 1.29 is 9.84 Å².